The molecule has 0 radical (unpaired) electrons. The molecule has 1 unspecified atom stereocenters. The molecule has 4 aromatic heterocycles. The smallest absolute Gasteiger partial charge is 0.403 e. The third-order valence-corrected chi connectivity index (χ3v) is 7.62. The Morgan fingerprint density at radius 2 is 1.94 bits per heavy atom. The molecule has 0 fully saturated rings. The maximum Gasteiger partial charge on any atom is 0.432 e. The number of fused-ring (bicyclic) bond motifs is 2. The fraction of sp³-hybridized carbons (Fsp3) is 0.314. The van der Waals surface area contributed by atoms with Gasteiger partial charge in [-0.2, -0.15) is 18.3 Å². The number of hydrogen-bond donors (Lipinski definition) is 3. The lowest BCUT2D eigenvalue weighted by molar-refractivity contribution is -0.0584. The highest BCUT2D eigenvalue weighted by Crippen LogP contribution is 2.32. The van der Waals surface area contributed by atoms with E-state index < -0.39 is 11.9 Å². The zero-order valence-corrected chi connectivity index (χ0v) is 28.2. The van der Waals surface area contributed by atoms with Crippen molar-refractivity contribution in [2.75, 3.05) is 13.6 Å². The number of nitrogens with one attached hydrogen (secondary N) is 2. The molecule has 0 saturated heterocycles. The molecular weight excluding hydrogens is 625 g/mol. The van der Waals surface area contributed by atoms with Crippen LogP contribution in [0.15, 0.2) is 85.0 Å². The predicted molar refractivity (Wildman–Crippen MR) is 188 cm³/mol. The van der Waals surface area contributed by atoms with E-state index in [0.29, 0.717) is 24.0 Å². The summed E-state index contributed by atoms with van der Waals surface area (Å²) in [6.45, 7) is 17.7. The molecule has 4 N–H and O–H groups in total. The Bertz CT molecular complexity index is 1840. The molecule has 0 bridgehead atoms. The number of nitrogens with two attached hydrogens (primary N) is 1. The van der Waals surface area contributed by atoms with Gasteiger partial charge in [0.25, 0.3) is 0 Å². The van der Waals surface area contributed by atoms with Crippen LogP contribution in [0.25, 0.3) is 33.4 Å². The molecule has 0 aliphatic heterocycles. The van der Waals surface area contributed by atoms with Crippen LogP contribution in [0.5, 0.6) is 0 Å². The molecule has 0 spiro atoms. The zero-order valence-electron chi connectivity index (χ0n) is 27.4. The molecule has 8 nitrogen and oxygen atoms in total. The van der Waals surface area contributed by atoms with Crippen LogP contribution in [0.3, 0.4) is 0 Å². The summed E-state index contributed by atoms with van der Waals surface area (Å²) in [6.07, 6.45) is 9.38. The van der Waals surface area contributed by atoms with Gasteiger partial charge >= 0.3 is 6.18 Å². The fourth-order valence-electron chi connectivity index (χ4n) is 5.01. The summed E-state index contributed by atoms with van der Waals surface area (Å²) >= 11 is 5.86. The van der Waals surface area contributed by atoms with Gasteiger partial charge in [-0.3, -0.25) is 10.4 Å². The summed E-state index contributed by atoms with van der Waals surface area (Å²) in [7, 11) is 1.86. The maximum absolute atomic E-state index is 12.3. The van der Waals surface area contributed by atoms with Crippen LogP contribution in [0.4, 0.5) is 13.2 Å². The number of hydrogen-bond acceptors (Lipinski definition) is 6. The molecule has 4 rings (SSSR count). The van der Waals surface area contributed by atoms with Crippen LogP contribution < -0.4 is 11.1 Å². The summed E-state index contributed by atoms with van der Waals surface area (Å²) in [5.74, 6) is 0.436. The first kappa shape index (κ1) is 37.0. The van der Waals surface area contributed by atoms with E-state index in [9.17, 15) is 13.2 Å². The monoisotopic (exact) mass is 666 g/mol. The van der Waals surface area contributed by atoms with Crippen LogP contribution in [-0.2, 0) is 6.54 Å². The minimum atomic E-state index is -4.66. The van der Waals surface area contributed by atoms with Crippen LogP contribution in [0.2, 0.25) is 0 Å². The standard InChI is InChI=1S/C21H21N5.C14H21ClF3N3/c1-6-7-25-12-18(13(2)3)17-9-19(23-15(5)21(17)25)16-10-22-20-8-14(4)24-26(20)11-16;1-10(9-21-2)4-3-5-11(12(15)8-19)6-7-13(20)14(16,17)18/h6,8-12H,1-2,7H2,3-5H3;5-8,10,20-21H,3-4,9,19H2,1-2H3/b;7-6-,11-5-,12-8+,20-13?. The van der Waals surface area contributed by atoms with Gasteiger partial charge in [0.05, 0.1) is 27.6 Å². The van der Waals surface area contributed by atoms with Crippen molar-refractivity contribution in [3.05, 3.63) is 102 Å². The first-order chi connectivity index (χ1) is 22.2. The Kier molecular flexibility index (Phi) is 12.9. The quantitative estimate of drug-likeness (QED) is 0.0800. The number of nitrogens with zero attached hydrogens (tertiary/aromatic N) is 5. The Morgan fingerprint density at radius 3 is 2.55 bits per heavy atom. The molecular formula is C35H42ClF3N8. The number of aryl methyl sites for hydroxylation is 2. The third-order valence-electron chi connectivity index (χ3n) is 7.28. The van der Waals surface area contributed by atoms with E-state index in [0.717, 1.165) is 82.1 Å². The molecule has 4 heterocycles. The second kappa shape index (κ2) is 16.4. The lowest BCUT2D eigenvalue weighted by atomic mass is 10.0. The summed E-state index contributed by atoms with van der Waals surface area (Å²) < 4.78 is 40.7. The van der Waals surface area contributed by atoms with Crippen molar-refractivity contribution in [1.82, 2.24) is 29.5 Å². The molecule has 0 amide bonds. The van der Waals surface area contributed by atoms with Gasteiger partial charge in [0.2, 0.25) is 0 Å². The van der Waals surface area contributed by atoms with Crippen molar-refractivity contribution in [2.24, 2.45) is 11.7 Å². The summed E-state index contributed by atoms with van der Waals surface area (Å²) in [4.78, 5) is 9.34. The minimum absolute atomic E-state index is 0.155. The fourth-order valence-corrected chi connectivity index (χ4v) is 5.15. The summed E-state index contributed by atoms with van der Waals surface area (Å²) in [5.41, 5.74) is 12.1. The second-order valence-corrected chi connectivity index (χ2v) is 11.8. The average Bonchev–Trinajstić information content (AvgIpc) is 3.57. The summed E-state index contributed by atoms with van der Waals surface area (Å²) in [6, 6.07) is 4.07. The van der Waals surface area contributed by atoms with E-state index in [-0.39, 0.29) is 5.03 Å². The van der Waals surface area contributed by atoms with Gasteiger partial charge in [0.1, 0.15) is 5.71 Å². The van der Waals surface area contributed by atoms with Crippen molar-refractivity contribution in [2.45, 2.75) is 53.3 Å². The number of rotatable bonds is 12. The lowest BCUT2D eigenvalue weighted by Crippen LogP contribution is -2.19. The van der Waals surface area contributed by atoms with Crippen LogP contribution >= 0.6 is 11.6 Å². The Balaban J connectivity index is 0.000000263. The van der Waals surface area contributed by atoms with Gasteiger partial charge in [0, 0.05) is 53.9 Å². The van der Waals surface area contributed by atoms with Crippen molar-refractivity contribution < 1.29 is 13.2 Å². The van der Waals surface area contributed by atoms with E-state index in [1.165, 1.54) is 0 Å². The van der Waals surface area contributed by atoms with Gasteiger partial charge in [-0.1, -0.05) is 43.3 Å². The van der Waals surface area contributed by atoms with E-state index in [2.05, 4.69) is 52.3 Å². The molecule has 4 aromatic rings. The highest BCUT2D eigenvalue weighted by molar-refractivity contribution is 6.32. The van der Waals surface area contributed by atoms with Gasteiger partial charge < -0.3 is 15.6 Å². The lowest BCUT2D eigenvalue weighted by Gasteiger charge is -2.09. The molecule has 0 saturated carbocycles. The predicted octanol–water partition coefficient (Wildman–Crippen LogP) is 8.31. The Hall–Kier alpha value is -4.48. The van der Waals surface area contributed by atoms with Crippen molar-refractivity contribution in [1.29, 1.82) is 5.41 Å². The second-order valence-electron chi connectivity index (χ2n) is 11.3. The highest BCUT2D eigenvalue weighted by atomic mass is 35.5. The Morgan fingerprint density at radius 1 is 1.21 bits per heavy atom. The number of aromatic nitrogens is 5. The van der Waals surface area contributed by atoms with E-state index in [4.69, 9.17) is 27.7 Å². The minimum Gasteiger partial charge on any atom is -0.403 e. The number of halogens is 4. The molecule has 0 aliphatic carbocycles. The topological polar surface area (TPSA) is 110 Å². The number of allylic oxidation sites excluding steroid dienone is 7. The SMILES string of the molecule is C=CCn1cc(C(=C)C)c2cc(-c3cnc4cc(C)nn4c3)nc(C)c21.CNCC(C)CC/C=C(/C=C\C(=N)C(F)(F)F)C(\Cl)=C/N. The molecule has 12 heteroatoms. The normalized spacial score (nSPS) is 13.2. The first-order valence-corrected chi connectivity index (χ1v) is 15.4. The molecule has 47 heavy (non-hydrogen) atoms. The average molecular weight is 667 g/mol. The van der Waals surface area contributed by atoms with E-state index in [1.807, 2.05) is 52.4 Å². The van der Waals surface area contributed by atoms with Gasteiger partial charge in [-0.15, -0.1) is 6.58 Å². The van der Waals surface area contributed by atoms with Gasteiger partial charge in [-0.25, -0.2) is 9.50 Å². The number of alkyl halides is 3. The zero-order chi connectivity index (χ0) is 34.9. The largest absolute Gasteiger partial charge is 0.432 e. The van der Waals surface area contributed by atoms with Gasteiger partial charge in [0.15, 0.2) is 5.65 Å². The van der Waals surface area contributed by atoms with Gasteiger partial charge in [-0.05, 0) is 76.4 Å². The molecule has 0 aromatic carbocycles. The van der Waals surface area contributed by atoms with Crippen molar-refractivity contribution >= 4 is 39.4 Å². The van der Waals surface area contributed by atoms with Crippen molar-refractivity contribution in [3.8, 4) is 11.3 Å². The third kappa shape index (κ3) is 9.76. The van der Waals surface area contributed by atoms with E-state index in [1.54, 1.807) is 10.6 Å². The highest BCUT2D eigenvalue weighted by Gasteiger charge is 2.32. The molecule has 250 valence electrons. The van der Waals surface area contributed by atoms with Crippen LogP contribution in [-0.4, -0.2) is 49.6 Å². The Labute approximate surface area is 278 Å². The maximum atomic E-state index is 12.3. The molecule has 1 atom stereocenters. The summed E-state index contributed by atoms with van der Waals surface area (Å²) in [5, 5.41) is 15.7. The van der Waals surface area contributed by atoms with E-state index >= 15 is 0 Å². The molecule has 0 aliphatic rings. The van der Waals surface area contributed by atoms with Crippen LogP contribution in [0, 0.1) is 25.2 Å². The van der Waals surface area contributed by atoms with Crippen LogP contribution in [0.1, 0.15) is 43.6 Å². The number of pyridine rings is 1. The first-order valence-electron chi connectivity index (χ1n) is 15.1. The van der Waals surface area contributed by atoms with Crippen molar-refractivity contribution in [3.63, 3.8) is 0 Å².